The third kappa shape index (κ3) is 4.78. The van der Waals surface area contributed by atoms with Crippen molar-refractivity contribution in [3.8, 4) is 11.5 Å². The molecule has 7 heteroatoms. The molecule has 3 rings (SSSR count). The Morgan fingerprint density at radius 3 is 2.77 bits per heavy atom. The summed E-state index contributed by atoms with van der Waals surface area (Å²) in [5.74, 6) is 1.34. The highest BCUT2D eigenvalue weighted by Crippen LogP contribution is 2.30. The maximum atomic E-state index is 12.9. The molecule has 1 N–H and O–H groups in total. The lowest BCUT2D eigenvalue weighted by molar-refractivity contribution is 0.00880. The van der Waals surface area contributed by atoms with Gasteiger partial charge in [0.1, 0.15) is 18.8 Å². The van der Waals surface area contributed by atoms with Crippen molar-refractivity contribution in [1.82, 2.24) is 15.2 Å². The van der Waals surface area contributed by atoms with Crippen molar-refractivity contribution < 1.29 is 19.0 Å². The fourth-order valence-electron chi connectivity index (χ4n) is 3.30. The molecule has 144 valence electrons. The van der Waals surface area contributed by atoms with E-state index in [1.807, 2.05) is 26.8 Å². The number of ether oxygens (including phenoxy) is 3. The van der Waals surface area contributed by atoms with E-state index in [-0.39, 0.29) is 12.1 Å². The van der Waals surface area contributed by atoms with Crippen LogP contribution in [0.3, 0.4) is 0 Å². The van der Waals surface area contributed by atoms with E-state index in [1.165, 1.54) is 0 Å². The fraction of sp³-hybridized carbons (Fsp3) is 0.684. The number of nitrogens with zero attached hydrogens (tertiary/aromatic N) is 2. The highest BCUT2D eigenvalue weighted by molar-refractivity contribution is 5.68. The molecule has 0 bridgehead atoms. The molecule has 0 spiro atoms. The van der Waals surface area contributed by atoms with E-state index in [0.29, 0.717) is 37.3 Å². The molecule has 0 aromatic carbocycles. The summed E-state index contributed by atoms with van der Waals surface area (Å²) in [6, 6.07) is 2.35. The third-order valence-electron chi connectivity index (χ3n) is 4.48. The molecular formula is C19H29N3O4. The first-order chi connectivity index (χ1) is 12.3. The quantitative estimate of drug-likeness (QED) is 0.890. The van der Waals surface area contributed by atoms with Crippen molar-refractivity contribution in [1.29, 1.82) is 0 Å². The van der Waals surface area contributed by atoms with Gasteiger partial charge in [0.05, 0.1) is 18.4 Å². The lowest BCUT2D eigenvalue weighted by Gasteiger charge is -2.37. The van der Waals surface area contributed by atoms with Gasteiger partial charge in [-0.2, -0.15) is 0 Å². The number of hydrogen-bond donors (Lipinski definition) is 1. The second kappa shape index (κ2) is 7.70. The fourth-order valence-corrected chi connectivity index (χ4v) is 3.30. The van der Waals surface area contributed by atoms with Crippen LogP contribution in [0, 0.1) is 0 Å². The molecule has 2 atom stereocenters. The van der Waals surface area contributed by atoms with Crippen molar-refractivity contribution in [3.05, 3.63) is 18.0 Å². The minimum atomic E-state index is -0.534. The van der Waals surface area contributed by atoms with Crippen LogP contribution in [-0.2, 0) is 11.3 Å². The Kier molecular flexibility index (Phi) is 5.55. The van der Waals surface area contributed by atoms with Gasteiger partial charge in [-0.3, -0.25) is 9.88 Å². The monoisotopic (exact) mass is 363 g/mol. The van der Waals surface area contributed by atoms with Crippen LogP contribution >= 0.6 is 0 Å². The van der Waals surface area contributed by atoms with Gasteiger partial charge < -0.3 is 19.5 Å². The number of piperidine rings is 1. The van der Waals surface area contributed by atoms with Gasteiger partial charge in [0.15, 0.2) is 11.5 Å². The predicted molar refractivity (Wildman–Crippen MR) is 97.5 cm³/mol. The van der Waals surface area contributed by atoms with Gasteiger partial charge in [-0.1, -0.05) is 0 Å². The summed E-state index contributed by atoms with van der Waals surface area (Å²) in [6.45, 7) is 10.1. The molecule has 0 aliphatic carbocycles. The Hall–Kier alpha value is -2.02. The Labute approximate surface area is 155 Å². The van der Waals surface area contributed by atoms with Crippen LogP contribution in [0.25, 0.3) is 0 Å². The minimum Gasteiger partial charge on any atom is -0.486 e. The number of carbonyl (C=O) groups excluding carboxylic acids is 1. The summed E-state index contributed by atoms with van der Waals surface area (Å²) in [5.41, 5.74) is 0.236. The predicted octanol–water partition coefficient (Wildman–Crippen LogP) is 2.73. The average molecular weight is 363 g/mol. The number of pyridine rings is 1. The molecule has 1 aromatic rings. The van der Waals surface area contributed by atoms with E-state index in [1.54, 1.807) is 11.1 Å². The molecular weight excluding hydrogens is 334 g/mol. The van der Waals surface area contributed by atoms with E-state index >= 15 is 0 Å². The van der Waals surface area contributed by atoms with Crippen molar-refractivity contribution in [2.45, 2.75) is 64.8 Å². The van der Waals surface area contributed by atoms with E-state index in [4.69, 9.17) is 14.2 Å². The smallest absolute Gasteiger partial charge is 0.410 e. The molecule has 0 saturated carbocycles. The van der Waals surface area contributed by atoms with E-state index in [9.17, 15) is 4.79 Å². The molecule has 1 amide bonds. The largest absolute Gasteiger partial charge is 0.486 e. The summed E-state index contributed by atoms with van der Waals surface area (Å²) in [6.07, 6.45) is 3.16. The summed E-state index contributed by atoms with van der Waals surface area (Å²) >= 11 is 0. The van der Waals surface area contributed by atoms with Gasteiger partial charge in [-0.25, -0.2) is 4.79 Å². The number of rotatable bonds is 3. The minimum absolute atomic E-state index is 0.121. The number of carbonyl (C=O) groups is 1. The number of fused-ring (bicyclic) bond motifs is 1. The Bertz CT molecular complexity index is 644. The van der Waals surface area contributed by atoms with Gasteiger partial charge in [0, 0.05) is 18.2 Å². The molecule has 2 unspecified atom stereocenters. The Morgan fingerprint density at radius 2 is 2.08 bits per heavy atom. The highest BCUT2D eigenvalue weighted by Gasteiger charge is 2.31. The molecule has 3 heterocycles. The SMILES string of the molecule is CC1CC(N(Cc2cc3c(cn2)OCCO3)C(=O)OC(C)(C)C)CCN1. The van der Waals surface area contributed by atoms with Crippen LogP contribution in [0.4, 0.5) is 4.79 Å². The molecule has 1 saturated heterocycles. The van der Waals surface area contributed by atoms with Crippen LogP contribution in [0.1, 0.15) is 46.2 Å². The van der Waals surface area contributed by atoms with Gasteiger partial charge in [0.2, 0.25) is 0 Å². The van der Waals surface area contributed by atoms with Crippen LogP contribution < -0.4 is 14.8 Å². The summed E-state index contributed by atoms with van der Waals surface area (Å²) < 4.78 is 16.8. The topological polar surface area (TPSA) is 72.9 Å². The number of aromatic nitrogens is 1. The van der Waals surface area contributed by atoms with Gasteiger partial charge >= 0.3 is 6.09 Å². The average Bonchev–Trinajstić information content (AvgIpc) is 2.58. The zero-order valence-electron chi connectivity index (χ0n) is 16.1. The first kappa shape index (κ1) is 18.8. The lowest BCUT2D eigenvalue weighted by Crippen LogP contribution is -2.50. The third-order valence-corrected chi connectivity index (χ3v) is 4.48. The summed E-state index contributed by atoms with van der Waals surface area (Å²) in [7, 11) is 0. The maximum absolute atomic E-state index is 12.9. The number of nitrogens with one attached hydrogen (secondary N) is 1. The second-order valence-electron chi connectivity index (χ2n) is 7.96. The zero-order valence-corrected chi connectivity index (χ0v) is 16.1. The molecule has 26 heavy (non-hydrogen) atoms. The number of amides is 1. The lowest BCUT2D eigenvalue weighted by atomic mass is 9.99. The van der Waals surface area contributed by atoms with Crippen LogP contribution in [0.2, 0.25) is 0 Å². The highest BCUT2D eigenvalue weighted by atomic mass is 16.6. The van der Waals surface area contributed by atoms with Crippen molar-refractivity contribution in [3.63, 3.8) is 0 Å². The maximum Gasteiger partial charge on any atom is 0.410 e. The molecule has 2 aliphatic rings. The van der Waals surface area contributed by atoms with E-state index < -0.39 is 5.60 Å². The Balaban J connectivity index is 1.79. The standard InChI is InChI=1S/C19H29N3O4/c1-13-9-15(5-6-20-13)22(18(23)26-19(2,3)4)12-14-10-16-17(11-21-14)25-8-7-24-16/h10-11,13,15,20H,5-9,12H2,1-4H3. The molecule has 0 radical (unpaired) electrons. The van der Waals surface area contributed by atoms with Crippen LogP contribution in [0.5, 0.6) is 11.5 Å². The molecule has 1 aromatic heterocycles. The summed E-state index contributed by atoms with van der Waals surface area (Å²) in [4.78, 5) is 19.1. The number of hydrogen-bond acceptors (Lipinski definition) is 6. The van der Waals surface area contributed by atoms with Crippen LogP contribution in [0.15, 0.2) is 12.3 Å². The molecule has 7 nitrogen and oxygen atoms in total. The van der Waals surface area contributed by atoms with Gasteiger partial charge in [-0.15, -0.1) is 0 Å². The molecule has 2 aliphatic heterocycles. The van der Waals surface area contributed by atoms with Gasteiger partial charge in [0.25, 0.3) is 0 Å². The van der Waals surface area contributed by atoms with E-state index in [0.717, 1.165) is 25.1 Å². The Morgan fingerprint density at radius 1 is 1.35 bits per heavy atom. The molecule has 1 fully saturated rings. The van der Waals surface area contributed by atoms with Crippen LogP contribution in [-0.4, -0.2) is 53.4 Å². The first-order valence-electron chi connectivity index (χ1n) is 9.29. The van der Waals surface area contributed by atoms with Crippen molar-refractivity contribution in [2.75, 3.05) is 19.8 Å². The normalized spacial score (nSPS) is 22.6. The van der Waals surface area contributed by atoms with E-state index in [2.05, 4.69) is 17.2 Å². The first-order valence-corrected chi connectivity index (χ1v) is 9.29. The second-order valence-corrected chi connectivity index (χ2v) is 7.96. The van der Waals surface area contributed by atoms with Crippen molar-refractivity contribution in [2.24, 2.45) is 0 Å². The van der Waals surface area contributed by atoms with Gasteiger partial charge in [-0.05, 0) is 47.1 Å². The summed E-state index contributed by atoms with van der Waals surface area (Å²) in [5, 5.41) is 3.43. The zero-order chi connectivity index (χ0) is 18.7. The van der Waals surface area contributed by atoms with Crippen molar-refractivity contribution >= 4 is 6.09 Å².